The van der Waals surface area contributed by atoms with Crippen LogP contribution in [0, 0.1) is 20.8 Å². The van der Waals surface area contributed by atoms with Crippen molar-refractivity contribution in [1.82, 2.24) is 10.2 Å². The Balaban J connectivity index is 1.90. The van der Waals surface area contributed by atoms with Crippen LogP contribution in [0.15, 0.2) is 42.5 Å². The molecule has 0 bridgehead atoms. The number of carbonyl (C=O) groups is 2. The summed E-state index contributed by atoms with van der Waals surface area (Å²) < 4.78 is 0. The van der Waals surface area contributed by atoms with Crippen LogP contribution in [0.2, 0.25) is 0 Å². The molecule has 0 atom stereocenters. The van der Waals surface area contributed by atoms with E-state index >= 15 is 0 Å². The molecule has 2 rings (SSSR count). The van der Waals surface area contributed by atoms with Gasteiger partial charge in [-0.1, -0.05) is 35.9 Å². The van der Waals surface area contributed by atoms with Gasteiger partial charge in [0.25, 0.3) is 5.91 Å². The van der Waals surface area contributed by atoms with Crippen molar-refractivity contribution in [2.75, 3.05) is 13.1 Å². The molecule has 2 aromatic rings. The smallest absolute Gasteiger partial charge is 0.251 e. The van der Waals surface area contributed by atoms with Crippen molar-refractivity contribution in [3.63, 3.8) is 0 Å². The number of benzene rings is 2. The van der Waals surface area contributed by atoms with Gasteiger partial charge in [-0.25, -0.2) is 0 Å². The van der Waals surface area contributed by atoms with E-state index in [1.54, 1.807) is 11.8 Å². The molecule has 0 unspecified atom stereocenters. The highest BCUT2D eigenvalue weighted by molar-refractivity contribution is 5.94. The van der Waals surface area contributed by atoms with Crippen molar-refractivity contribution in [2.24, 2.45) is 0 Å². The predicted molar refractivity (Wildman–Crippen MR) is 101 cm³/mol. The second-order valence-electron chi connectivity index (χ2n) is 6.48. The molecule has 0 heterocycles. The van der Waals surface area contributed by atoms with Crippen LogP contribution in [0.1, 0.15) is 39.5 Å². The molecule has 0 fully saturated rings. The van der Waals surface area contributed by atoms with Crippen LogP contribution < -0.4 is 5.32 Å². The Labute approximate surface area is 149 Å². The van der Waals surface area contributed by atoms with Gasteiger partial charge in [0.15, 0.2) is 0 Å². The van der Waals surface area contributed by atoms with E-state index in [9.17, 15) is 9.59 Å². The van der Waals surface area contributed by atoms with Crippen LogP contribution in [-0.2, 0) is 11.3 Å². The minimum Gasteiger partial charge on any atom is -0.350 e. The summed E-state index contributed by atoms with van der Waals surface area (Å²) in [6.45, 7) is 9.07. The predicted octanol–water partition coefficient (Wildman–Crippen LogP) is 3.39. The van der Waals surface area contributed by atoms with Crippen molar-refractivity contribution in [3.8, 4) is 0 Å². The third-order valence-electron chi connectivity index (χ3n) is 4.38. The van der Waals surface area contributed by atoms with Crippen molar-refractivity contribution < 1.29 is 9.59 Å². The molecule has 0 aliphatic heterocycles. The molecule has 2 aromatic carbocycles. The highest BCUT2D eigenvalue weighted by Crippen LogP contribution is 2.10. The van der Waals surface area contributed by atoms with Gasteiger partial charge < -0.3 is 10.2 Å². The average molecular weight is 338 g/mol. The lowest BCUT2D eigenvalue weighted by atomic mass is 10.1. The van der Waals surface area contributed by atoms with E-state index in [-0.39, 0.29) is 11.8 Å². The van der Waals surface area contributed by atoms with E-state index in [0.29, 0.717) is 25.2 Å². The van der Waals surface area contributed by atoms with Gasteiger partial charge >= 0.3 is 0 Å². The lowest BCUT2D eigenvalue weighted by Crippen LogP contribution is -2.37. The van der Waals surface area contributed by atoms with E-state index < -0.39 is 0 Å². The first-order chi connectivity index (χ1) is 11.9. The van der Waals surface area contributed by atoms with Crippen molar-refractivity contribution in [3.05, 3.63) is 70.3 Å². The van der Waals surface area contributed by atoms with Gasteiger partial charge in [-0.3, -0.25) is 9.59 Å². The Morgan fingerprint density at radius 1 is 0.960 bits per heavy atom. The first-order valence-corrected chi connectivity index (χ1v) is 8.53. The van der Waals surface area contributed by atoms with Crippen LogP contribution in [0.5, 0.6) is 0 Å². The standard InChI is InChI=1S/C21H26N2O2/c1-15-5-8-19(9-6-15)14-23(18(4)24)12-11-22-21(25)20-10-7-16(2)17(3)13-20/h5-10,13H,11-12,14H2,1-4H3,(H,22,25). The minimum absolute atomic E-state index is 0.000930. The molecule has 0 radical (unpaired) electrons. The van der Waals surface area contributed by atoms with E-state index in [0.717, 1.165) is 16.7 Å². The Hall–Kier alpha value is -2.62. The average Bonchev–Trinajstić information content (AvgIpc) is 2.58. The summed E-state index contributed by atoms with van der Waals surface area (Å²) in [5, 5.41) is 2.89. The molecule has 4 nitrogen and oxygen atoms in total. The second kappa shape index (κ2) is 8.47. The molecular formula is C21H26N2O2. The highest BCUT2D eigenvalue weighted by atomic mass is 16.2. The largest absolute Gasteiger partial charge is 0.350 e. The summed E-state index contributed by atoms with van der Waals surface area (Å²) in [6, 6.07) is 13.8. The summed E-state index contributed by atoms with van der Waals surface area (Å²) in [6.07, 6.45) is 0. The van der Waals surface area contributed by atoms with Crippen molar-refractivity contribution in [2.45, 2.75) is 34.2 Å². The Kier molecular flexibility index (Phi) is 6.34. The van der Waals surface area contributed by atoms with Gasteiger partial charge in [0.05, 0.1) is 0 Å². The summed E-state index contributed by atoms with van der Waals surface area (Å²) in [4.78, 5) is 25.8. The molecular weight excluding hydrogens is 312 g/mol. The first kappa shape index (κ1) is 18.7. The summed E-state index contributed by atoms with van der Waals surface area (Å²) in [7, 11) is 0. The highest BCUT2D eigenvalue weighted by Gasteiger charge is 2.11. The lowest BCUT2D eigenvalue weighted by molar-refractivity contribution is -0.129. The van der Waals surface area contributed by atoms with Gasteiger partial charge in [0, 0.05) is 32.1 Å². The third kappa shape index (κ3) is 5.45. The molecule has 0 saturated carbocycles. The Morgan fingerprint density at radius 2 is 1.64 bits per heavy atom. The number of hydrogen-bond acceptors (Lipinski definition) is 2. The zero-order chi connectivity index (χ0) is 18.4. The summed E-state index contributed by atoms with van der Waals surface area (Å²) in [5.41, 5.74) is 5.19. The second-order valence-corrected chi connectivity index (χ2v) is 6.48. The Morgan fingerprint density at radius 3 is 2.24 bits per heavy atom. The van der Waals surface area contributed by atoms with Gasteiger partial charge in [0.1, 0.15) is 0 Å². The zero-order valence-corrected chi connectivity index (χ0v) is 15.4. The topological polar surface area (TPSA) is 49.4 Å². The molecule has 25 heavy (non-hydrogen) atoms. The van der Waals surface area contributed by atoms with Crippen molar-refractivity contribution in [1.29, 1.82) is 0 Å². The molecule has 0 aliphatic carbocycles. The zero-order valence-electron chi connectivity index (χ0n) is 15.4. The Bertz CT molecular complexity index is 751. The first-order valence-electron chi connectivity index (χ1n) is 8.53. The number of carbonyl (C=O) groups excluding carboxylic acids is 2. The quantitative estimate of drug-likeness (QED) is 0.878. The van der Waals surface area contributed by atoms with Crippen LogP contribution in [0.3, 0.4) is 0 Å². The third-order valence-corrected chi connectivity index (χ3v) is 4.38. The maximum Gasteiger partial charge on any atom is 0.251 e. The molecule has 0 aromatic heterocycles. The monoisotopic (exact) mass is 338 g/mol. The van der Waals surface area contributed by atoms with Crippen molar-refractivity contribution >= 4 is 11.8 Å². The fourth-order valence-corrected chi connectivity index (χ4v) is 2.55. The van der Waals surface area contributed by atoms with Crippen LogP contribution in [-0.4, -0.2) is 29.8 Å². The van der Waals surface area contributed by atoms with Gasteiger partial charge in [0.2, 0.25) is 5.91 Å². The number of nitrogens with one attached hydrogen (secondary N) is 1. The summed E-state index contributed by atoms with van der Waals surface area (Å²) in [5.74, 6) is -0.108. The number of aryl methyl sites for hydroxylation is 3. The maximum absolute atomic E-state index is 12.2. The number of hydrogen-bond donors (Lipinski definition) is 1. The number of amides is 2. The molecule has 2 amide bonds. The van der Waals surface area contributed by atoms with Crippen LogP contribution in [0.4, 0.5) is 0 Å². The van der Waals surface area contributed by atoms with Gasteiger partial charge in [-0.15, -0.1) is 0 Å². The molecule has 0 saturated heterocycles. The van der Waals surface area contributed by atoms with Gasteiger partial charge in [-0.05, 0) is 49.6 Å². The number of nitrogens with zero attached hydrogens (tertiary/aromatic N) is 1. The fraction of sp³-hybridized carbons (Fsp3) is 0.333. The van der Waals surface area contributed by atoms with E-state index in [2.05, 4.69) is 5.32 Å². The van der Waals surface area contributed by atoms with Crippen LogP contribution >= 0.6 is 0 Å². The molecule has 0 aliphatic rings. The molecule has 1 N–H and O–H groups in total. The van der Waals surface area contributed by atoms with E-state index in [1.165, 1.54) is 5.56 Å². The van der Waals surface area contributed by atoms with Crippen LogP contribution in [0.25, 0.3) is 0 Å². The maximum atomic E-state index is 12.2. The van der Waals surface area contributed by atoms with E-state index in [4.69, 9.17) is 0 Å². The fourth-order valence-electron chi connectivity index (χ4n) is 2.55. The summed E-state index contributed by atoms with van der Waals surface area (Å²) >= 11 is 0. The van der Waals surface area contributed by atoms with Gasteiger partial charge in [-0.2, -0.15) is 0 Å². The van der Waals surface area contributed by atoms with E-state index in [1.807, 2.05) is 63.2 Å². The minimum atomic E-state index is -0.109. The SMILES string of the molecule is CC(=O)N(CCNC(=O)c1ccc(C)c(C)c1)Cc1ccc(C)cc1. The molecule has 132 valence electrons. The normalized spacial score (nSPS) is 10.4. The number of rotatable bonds is 6. The molecule has 0 spiro atoms. The molecule has 4 heteroatoms. The lowest BCUT2D eigenvalue weighted by Gasteiger charge is -2.21.